The van der Waals surface area contributed by atoms with Crippen LogP contribution >= 0.6 is 0 Å². The van der Waals surface area contributed by atoms with Crippen LogP contribution in [0.2, 0.25) is 0 Å². The van der Waals surface area contributed by atoms with Gasteiger partial charge < -0.3 is 16.0 Å². The van der Waals surface area contributed by atoms with Crippen molar-refractivity contribution in [2.75, 3.05) is 0 Å². The summed E-state index contributed by atoms with van der Waals surface area (Å²) in [5, 5.41) is 4.13. The maximum absolute atomic E-state index is 11.9. The fourth-order valence-electron chi connectivity index (χ4n) is 2.55. The quantitative estimate of drug-likeness (QED) is 0.791. The summed E-state index contributed by atoms with van der Waals surface area (Å²) in [7, 11) is 0. The average molecular weight is 287 g/mol. The molecule has 1 aromatic carbocycles. The van der Waals surface area contributed by atoms with Crippen LogP contribution in [0.5, 0.6) is 0 Å². The molecule has 21 heavy (non-hydrogen) atoms. The summed E-state index contributed by atoms with van der Waals surface area (Å²) in [4.78, 5) is 15.3. The number of hydrogen-bond acceptors (Lipinski definition) is 2. The fourth-order valence-corrected chi connectivity index (χ4v) is 2.55. The van der Waals surface area contributed by atoms with Gasteiger partial charge in [0.15, 0.2) is 0 Å². The molecule has 0 aliphatic heterocycles. The number of fused-ring (bicyclic) bond motifs is 1. The molecule has 0 spiro atoms. The zero-order chi connectivity index (χ0) is 15.6. The highest BCUT2D eigenvalue weighted by Crippen LogP contribution is 2.22. The minimum atomic E-state index is -0.426. The molecule has 1 aromatic heterocycles. The topological polar surface area (TPSA) is 70.9 Å². The normalized spacial score (nSPS) is 12.9. The lowest BCUT2D eigenvalue weighted by Crippen LogP contribution is -2.41. The van der Waals surface area contributed by atoms with E-state index in [2.05, 4.69) is 50.1 Å². The Labute approximate surface area is 126 Å². The van der Waals surface area contributed by atoms with Crippen LogP contribution in [-0.2, 0) is 11.3 Å². The zero-order valence-corrected chi connectivity index (χ0v) is 13.3. The Kier molecular flexibility index (Phi) is 4.68. The first-order valence-corrected chi connectivity index (χ1v) is 7.49. The van der Waals surface area contributed by atoms with Crippen molar-refractivity contribution in [3.05, 3.63) is 35.0 Å². The van der Waals surface area contributed by atoms with Crippen LogP contribution in [0.3, 0.4) is 0 Å². The minimum Gasteiger partial charge on any atom is -0.358 e. The lowest BCUT2D eigenvalue weighted by Gasteiger charge is -2.14. The summed E-state index contributed by atoms with van der Waals surface area (Å²) in [5.74, 6) is 0.346. The number of nitrogens with two attached hydrogens (primary N) is 1. The molecule has 0 aliphatic carbocycles. The number of nitrogens with one attached hydrogen (secondary N) is 2. The number of aromatic nitrogens is 1. The predicted molar refractivity (Wildman–Crippen MR) is 87.0 cm³/mol. The second-order valence-electron chi connectivity index (χ2n) is 6.21. The van der Waals surface area contributed by atoms with Gasteiger partial charge >= 0.3 is 0 Å². The van der Waals surface area contributed by atoms with Crippen molar-refractivity contribution in [2.45, 2.75) is 46.7 Å². The number of rotatable bonds is 5. The van der Waals surface area contributed by atoms with E-state index in [9.17, 15) is 4.79 Å². The second-order valence-corrected chi connectivity index (χ2v) is 6.21. The van der Waals surface area contributed by atoms with Gasteiger partial charge in [-0.1, -0.05) is 19.9 Å². The van der Waals surface area contributed by atoms with E-state index in [1.807, 2.05) is 6.07 Å². The van der Waals surface area contributed by atoms with Crippen molar-refractivity contribution in [1.82, 2.24) is 10.3 Å². The standard InChI is InChI=1S/C17H25N3O/c1-10(2)7-15(18)17(21)19-9-13-5-6-16-14(8-13)11(3)12(4)20-16/h5-6,8,10,15,20H,7,9,18H2,1-4H3,(H,19,21)/t15-/m0/s1. The molecule has 0 unspecified atom stereocenters. The summed E-state index contributed by atoms with van der Waals surface area (Å²) < 4.78 is 0. The van der Waals surface area contributed by atoms with E-state index in [-0.39, 0.29) is 5.91 Å². The fraction of sp³-hybridized carbons (Fsp3) is 0.471. The Bertz CT molecular complexity index is 643. The van der Waals surface area contributed by atoms with E-state index in [0.717, 1.165) is 11.1 Å². The maximum atomic E-state index is 11.9. The summed E-state index contributed by atoms with van der Waals surface area (Å²) in [6.07, 6.45) is 0.709. The Morgan fingerprint density at radius 2 is 2.05 bits per heavy atom. The molecule has 0 aliphatic rings. The summed E-state index contributed by atoms with van der Waals surface area (Å²) in [6, 6.07) is 5.80. The van der Waals surface area contributed by atoms with Crippen molar-refractivity contribution >= 4 is 16.8 Å². The number of carbonyl (C=O) groups is 1. The molecule has 114 valence electrons. The van der Waals surface area contributed by atoms with E-state index in [0.29, 0.717) is 18.9 Å². The molecular weight excluding hydrogens is 262 g/mol. The van der Waals surface area contributed by atoms with Crippen LogP contribution in [0.4, 0.5) is 0 Å². The van der Waals surface area contributed by atoms with Gasteiger partial charge in [-0.3, -0.25) is 4.79 Å². The lowest BCUT2D eigenvalue weighted by molar-refractivity contribution is -0.122. The summed E-state index contributed by atoms with van der Waals surface area (Å²) in [5.41, 5.74) is 10.6. The zero-order valence-electron chi connectivity index (χ0n) is 13.3. The van der Waals surface area contributed by atoms with Crippen molar-refractivity contribution in [3.63, 3.8) is 0 Å². The minimum absolute atomic E-state index is 0.0780. The average Bonchev–Trinajstić information content (AvgIpc) is 2.71. The molecule has 4 nitrogen and oxygen atoms in total. The van der Waals surface area contributed by atoms with Crippen LogP contribution < -0.4 is 11.1 Å². The molecule has 1 heterocycles. The van der Waals surface area contributed by atoms with Crippen LogP contribution in [0.1, 0.15) is 37.1 Å². The number of hydrogen-bond donors (Lipinski definition) is 3. The monoisotopic (exact) mass is 287 g/mol. The number of aromatic amines is 1. The number of aryl methyl sites for hydroxylation is 2. The van der Waals surface area contributed by atoms with Crippen LogP contribution in [0.25, 0.3) is 10.9 Å². The molecule has 0 saturated heterocycles. The first-order chi connectivity index (χ1) is 9.88. The second kappa shape index (κ2) is 6.31. The van der Waals surface area contributed by atoms with E-state index < -0.39 is 6.04 Å². The lowest BCUT2D eigenvalue weighted by atomic mass is 10.0. The van der Waals surface area contributed by atoms with Crippen LogP contribution in [0, 0.1) is 19.8 Å². The maximum Gasteiger partial charge on any atom is 0.237 e. The number of H-pyrrole nitrogens is 1. The molecule has 0 saturated carbocycles. The van der Waals surface area contributed by atoms with Gasteiger partial charge in [0.2, 0.25) is 5.91 Å². The number of carbonyl (C=O) groups excluding carboxylic acids is 1. The molecule has 2 aromatic rings. The highest BCUT2D eigenvalue weighted by molar-refractivity contribution is 5.85. The van der Waals surface area contributed by atoms with Gasteiger partial charge in [0, 0.05) is 23.1 Å². The molecule has 0 fully saturated rings. The third-order valence-electron chi connectivity index (χ3n) is 3.90. The van der Waals surface area contributed by atoms with Crippen LogP contribution in [-0.4, -0.2) is 16.9 Å². The molecule has 2 rings (SSSR count). The molecule has 1 amide bonds. The van der Waals surface area contributed by atoms with E-state index in [1.54, 1.807) is 0 Å². The Balaban J connectivity index is 2.03. The molecule has 4 heteroatoms. The highest BCUT2D eigenvalue weighted by atomic mass is 16.2. The van der Waals surface area contributed by atoms with Gasteiger partial charge in [-0.05, 0) is 49.4 Å². The first-order valence-electron chi connectivity index (χ1n) is 7.49. The van der Waals surface area contributed by atoms with Gasteiger partial charge in [0.25, 0.3) is 0 Å². The molecule has 0 radical (unpaired) electrons. The molecule has 4 N–H and O–H groups in total. The molecule has 1 atom stereocenters. The van der Waals surface area contributed by atoms with Gasteiger partial charge in [-0.25, -0.2) is 0 Å². The summed E-state index contributed by atoms with van der Waals surface area (Å²) >= 11 is 0. The molecule has 0 bridgehead atoms. The van der Waals surface area contributed by atoms with Gasteiger partial charge in [0.1, 0.15) is 0 Å². The SMILES string of the molecule is Cc1[nH]c2ccc(CNC(=O)[C@@H](N)CC(C)C)cc2c1C. The first kappa shape index (κ1) is 15.6. The van der Waals surface area contributed by atoms with Gasteiger partial charge in [0.05, 0.1) is 6.04 Å². The van der Waals surface area contributed by atoms with Gasteiger partial charge in [-0.15, -0.1) is 0 Å². The van der Waals surface area contributed by atoms with Crippen molar-refractivity contribution in [1.29, 1.82) is 0 Å². The largest absolute Gasteiger partial charge is 0.358 e. The van der Waals surface area contributed by atoms with Crippen molar-refractivity contribution in [3.8, 4) is 0 Å². The highest BCUT2D eigenvalue weighted by Gasteiger charge is 2.14. The number of amides is 1. The van der Waals surface area contributed by atoms with E-state index in [1.165, 1.54) is 16.6 Å². The van der Waals surface area contributed by atoms with E-state index in [4.69, 9.17) is 5.73 Å². The third-order valence-corrected chi connectivity index (χ3v) is 3.90. The molecular formula is C17H25N3O. The Morgan fingerprint density at radius 1 is 1.33 bits per heavy atom. The Morgan fingerprint density at radius 3 is 2.71 bits per heavy atom. The van der Waals surface area contributed by atoms with E-state index >= 15 is 0 Å². The van der Waals surface area contributed by atoms with Crippen molar-refractivity contribution in [2.24, 2.45) is 11.7 Å². The predicted octanol–water partition coefficient (Wildman–Crippen LogP) is 2.77. The van der Waals surface area contributed by atoms with Crippen molar-refractivity contribution < 1.29 is 4.79 Å². The Hall–Kier alpha value is -1.81. The van der Waals surface area contributed by atoms with Gasteiger partial charge in [-0.2, -0.15) is 0 Å². The van der Waals surface area contributed by atoms with Crippen LogP contribution in [0.15, 0.2) is 18.2 Å². The summed E-state index contributed by atoms with van der Waals surface area (Å²) in [6.45, 7) is 8.83. The smallest absolute Gasteiger partial charge is 0.237 e. The number of benzene rings is 1. The third kappa shape index (κ3) is 3.64.